The molecule has 0 radical (unpaired) electrons. The molecule has 2 aromatic rings. The summed E-state index contributed by atoms with van der Waals surface area (Å²) in [5.41, 5.74) is 0.462. The van der Waals surface area contributed by atoms with Gasteiger partial charge in [-0.25, -0.2) is 4.79 Å². The molecule has 5 nitrogen and oxygen atoms in total. The second-order valence-corrected chi connectivity index (χ2v) is 4.70. The van der Waals surface area contributed by atoms with Crippen molar-refractivity contribution in [2.75, 3.05) is 0 Å². The average molecular weight is 366 g/mol. The first-order chi connectivity index (χ1) is 9.11. The number of aromatic nitrogens is 1. The summed E-state index contributed by atoms with van der Waals surface area (Å²) in [5, 5.41) is 17.9. The lowest BCUT2D eigenvalue weighted by Gasteiger charge is -2.09. The number of aromatic carboxylic acids is 1. The van der Waals surface area contributed by atoms with Gasteiger partial charge < -0.3 is 9.84 Å². The zero-order chi connectivity index (χ0) is 13.8. The highest BCUT2D eigenvalue weighted by molar-refractivity contribution is 14.1. The molecule has 0 spiro atoms. The van der Waals surface area contributed by atoms with E-state index in [0.29, 0.717) is 17.1 Å². The van der Waals surface area contributed by atoms with Crippen LogP contribution in [-0.2, 0) is 0 Å². The fourth-order valence-corrected chi connectivity index (χ4v) is 1.83. The third kappa shape index (κ3) is 3.00. The van der Waals surface area contributed by atoms with Crippen molar-refractivity contribution in [3.63, 3.8) is 0 Å². The van der Waals surface area contributed by atoms with Gasteiger partial charge in [0.05, 0.1) is 20.9 Å². The van der Waals surface area contributed by atoms with Gasteiger partial charge >= 0.3 is 5.97 Å². The number of carbonyl (C=O) groups is 1. The van der Waals surface area contributed by atoms with Crippen LogP contribution in [0.5, 0.6) is 11.5 Å². The highest BCUT2D eigenvalue weighted by atomic mass is 127. The molecular formula is C13H7IN2O3. The fourth-order valence-electron chi connectivity index (χ4n) is 1.39. The van der Waals surface area contributed by atoms with Crippen molar-refractivity contribution in [3.8, 4) is 17.6 Å². The molecule has 0 fully saturated rings. The van der Waals surface area contributed by atoms with Gasteiger partial charge in [0.15, 0.2) is 5.75 Å². The first-order valence-electron chi connectivity index (χ1n) is 5.16. The van der Waals surface area contributed by atoms with Gasteiger partial charge in [-0.2, -0.15) is 5.26 Å². The predicted molar refractivity (Wildman–Crippen MR) is 75.1 cm³/mol. The Hall–Kier alpha value is -2.14. The Labute approximate surface area is 122 Å². The highest BCUT2D eigenvalue weighted by Gasteiger charge is 2.11. The Kier molecular flexibility index (Phi) is 3.97. The predicted octanol–water partition coefficient (Wildman–Crippen LogP) is 3.05. The van der Waals surface area contributed by atoms with Crippen molar-refractivity contribution in [1.82, 2.24) is 4.98 Å². The Balaban J connectivity index is 2.41. The smallest absolute Gasteiger partial charge is 0.335 e. The summed E-state index contributed by atoms with van der Waals surface area (Å²) in [6.45, 7) is 0. The number of nitrogens with zero attached hydrogens (tertiary/aromatic N) is 2. The Morgan fingerprint density at radius 2 is 2.16 bits per heavy atom. The van der Waals surface area contributed by atoms with Crippen LogP contribution in [0.25, 0.3) is 0 Å². The molecule has 0 unspecified atom stereocenters. The van der Waals surface area contributed by atoms with Crippen molar-refractivity contribution in [3.05, 3.63) is 51.4 Å². The van der Waals surface area contributed by atoms with Gasteiger partial charge in [0.1, 0.15) is 11.8 Å². The van der Waals surface area contributed by atoms with Crippen molar-refractivity contribution < 1.29 is 14.6 Å². The van der Waals surface area contributed by atoms with E-state index in [0.717, 1.165) is 3.57 Å². The molecule has 0 atom stereocenters. The summed E-state index contributed by atoms with van der Waals surface area (Å²) >= 11 is 2.03. The van der Waals surface area contributed by atoms with E-state index < -0.39 is 5.97 Å². The molecule has 1 aromatic carbocycles. The van der Waals surface area contributed by atoms with Gasteiger partial charge in [0, 0.05) is 6.20 Å². The van der Waals surface area contributed by atoms with Gasteiger partial charge in [-0.1, -0.05) is 0 Å². The van der Waals surface area contributed by atoms with Crippen molar-refractivity contribution >= 4 is 28.6 Å². The van der Waals surface area contributed by atoms with E-state index >= 15 is 0 Å². The van der Waals surface area contributed by atoms with Crippen LogP contribution in [0.1, 0.15) is 15.9 Å². The van der Waals surface area contributed by atoms with Crippen LogP contribution in [0.4, 0.5) is 0 Å². The Morgan fingerprint density at radius 1 is 1.37 bits per heavy atom. The van der Waals surface area contributed by atoms with E-state index in [1.54, 1.807) is 6.07 Å². The minimum Gasteiger partial charge on any atom is -0.478 e. The number of carboxylic acid groups (broad SMARTS) is 1. The molecule has 1 N–H and O–H groups in total. The second kappa shape index (κ2) is 5.67. The number of nitriles is 1. The molecular weight excluding hydrogens is 359 g/mol. The first-order valence-corrected chi connectivity index (χ1v) is 6.24. The second-order valence-electron chi connectivity index (χ2n) is 3.54. The fraction of sp³-hybridized carbons (Fsp3) is 0. The molecule has 19 heavy (non-hydrogen) atoms. The topological polar surface area (TPSA) is 83.2 Å². The average Bonchev–Trinajstić information content (AvgIpc) is 2.41. The van der Waals surface area contributed by atoms with E-state index in [1.165, 1.54) is 30.6 Å². The third-order valence-corrected chi connectivity index (χ3v) is 3.19. The molecule has 0 saturated heterocycles. The van der Waals surface area contributed by atoms with E-state index in [2.05, 4.69) is 4.98 Å². The van der Waals surface area contributed by atoms with E-state index in [1.807, 2.05) is 28.7 Å². The number of benzene rings is 1. The zero-order valence-electron chi connectivity index (χ0n) is 9.50. The standard InChI is InChI=1S/C13H7IN2O3/c14-10-2-1-8(13(17)18)5-11(10)19-12-7-16-4-3-9(12)6-15/h1-5,7H,(H,17,18). The molecule has 94 valence electrons. The normalized spacial score (nSPS) is 9.68. The van der Waals surface area contributed by atoms with Crippen LogP contribution in [0.3, 0.4) is 0 Å². The summed E-state index contributed by atoms with van der Waals surface area (Å²) in [6, 6.07) is 8.07. The highest BCUT2D eigenvalue weighted by Crippen LogP contribution is 2.29. The number of carboxylic acids is 1. The van der Waals surface area contributed by atoms with Crippen molar-refractivity contribution in [1.29, 1.82) is 5.26 Å². The minimum atomic E-state index is -1.03. The number of rotatable bonds is 3. The van der Waals surface area contributed by atoms with Gasteiger partial charge in [0.2, 0.25) is 0 Å². The lowest BCUT2D eigenvalue weighted by atomic mass is 10.2. The van der Waals surface area contributed by atoms with Crippen LogP contribution in [0.2, 0.25) is 0 Å². The maximum atomic E-state index is 10.9. The Morgan fingerprint density at radius 3 is 2.84 bits per heavy atom. The maximum Gasteiger partial charge on any atom is 0.335 e. The lowest BCUT2D eigenvalue weighted by Crippen LogP contribution is -1.98. The van der Waals surface area contributed by atoms with Crippen LogP contribution in [0, 0.1) is 14.9 Å². The molecule has 0 aliphatic rings. The summed E-state index contributed by atoms with van der Waals surface area (Å²) < 4.78 is 6.31. The summed E-state index contributed by atoms with van der Waals surface area (Å²) in [7, 11) is 0. The van der Waals surface area contributed by atoms with Crippen LogP contribution in [-0.4, -0.2) is 16.1 Å². The molecule has 0 bridgehead atoms. The molecule has 6 heteroatoms. The van der Waals surface area contributed by atoms with Crippen LogP contribution in [0.15, 0.2) is 36.7 Å². The van der Waals surface area contributed by atoms with E-state index in [-0.39, 0.29) is 5.56 Å². The van der Waals surface area contributed by atoms with Gasteiger partial charge in [-0.3, -0.25) is 4.98 Å². The number of hydrogen-bond acceptors (Lipinski definition) is 4. The number of pyridine rings is 1. The van der Waals surface area contributed by atoms with Gasteiger partial charge in [0.25, 0.3) is 0 Å². The maximum absolute atomic E-state index is 10.9. The first kappa shape index (κ1) is 13.3. The quantitative estimate of drug-likeness (QED) is 0.845. The molecule has 0 amide bonds. The lowest BCUT2D eigenvalue weighted by molar-refractivity contribution is 0.0696. The molecule has 2 rings (SSSR count). The van der Waals surface area contributed by atoms with E-state index in [9.17, 15) is 4.79 Å². The minimum absolute atomic E-state index is 0.123. The molecule has 1 heterocycles. The number of halogens is 1. The summed E-state index contributed by atoms with van der Waals surface area (Å²) in [4.78, 5) is 14.8. The molecule has 0 aliphatic carbocycles. The van der Waals surface area contributed by atoms with Crippen molar-refractivity contribution in [2.24, 2.45) is 0 Å². The number of hydrogen-bond donors (Lipinski definition) is 1. The summed E-state index contributed by atoms with van der Waals surface area (Å²) in [6.07, 6.45) is 2.91. The van der Waals surface area contributed by atoms with Gasteiger partial charge in [-0.15, -0.1) is 0 Å². The molecule has 1 aromatic heterocycles. The molecule has 0 aliphatic heterocycles. The van der Waals surface area contributed by atoms with Crippen LogP contribution < -0.4 is 4.74 Å². The zero-order valence-corrected chi connectivity index (χ0v) is 11.7. The van der Waals surface area contributed by atoms with Crippen molar-refractivity contribution in [2.45, 2.75) is 0 Å². The van der Waals surface area contributed by atoms with Gasteiger partial charge in [-0.05, 0) is 46.9 Å². The monoisotopic (exact) mass is 366 g/mol. The number of ether oxygens (including phenoxy) is 1. The van der Waals surface area contributed by atoms with E-state index in [4.69, 9.17) is 15.1 Å². The van der Waals surface area contributed by atoms with Crippen LogP contribution >= 0.6 is 22.6 Å². The Bertz CT molecular complexity index is 680. The summed E-state index contributed by atoms with van der Waals surface area (Å²) in [5.74, 6) is -0.358. The largest absolute Gasteiger partial charge is 0.478 e. The SMILES string of the molecule is N#Cc1ccncc1Oc1cc(C(=O)O)ccc1I. The third-order valence-electron chi connectivity index (χ3n) is 2.30. The molecule has 0 saturated carbocycles.